The number of benzene rings is 1. The molecule has 3 amide bonds. The lowest BCUT2D eigenvalue weighted by atomic mass is 10.0. The van der Waals surface area contributed by atoms with Crippen LogP contribution in [0.15, 0.2) is 28.7 Å². The van der Waals surface area contributed by atoms with Crippen molar-refractivity contribution >= 4 is 27.9 Å². The van der Waals surface area contributed by atoms with Gasteiger partial charge in [-0.25, -0.2) is 4.79 Å². The number of hydrogen-bond donors (Lipinski definition) is 1. The molecule has 0 radical (unpaired) electrons. The summed E-state index contributed by atoms with van der Waals surface area (Å²) in [5, 5.41) is 2.72. The van der Waals surface area contributed by atoms with E-state index >= 15 is 0 Å². The predicted molar refractivity (Wildman–Crippen MR) is 83.1 cm³/mol. The Hall–Kier alpha value is -1.56. The number of carbonyl (C=O) groups excluding carboxylic acids is 2. The van der Waals surface area contributed by atoms with Gasteiger partial charge in [0.2, 0.25) is 0 Å². The Morgan fingerprint density at radius 3 is 2.81 bits per heavy atom. The number of hydrogen-bond acceptors (Lipinski definition) is 3. The molecular weight excluding hydrogens is 336 g/mol. The molecule has 0 unspecified atom stereocenters. The van der Waals surface area contributed by atoms with Crippen LogP contribution in [-0.4, -0.2) is 36.0 Å². The van der Waals surface area contributed by atoms with E-state index in [0.717, 1.165) is 4.47 Å². The molecule has 2 rings (SSSR count). The zero-order valence-corrected chi connectivity index (χ0v) is 13.7. The van der Waals surface area contributed by atoms with E-state index in [0.29, 0.717) is 18.1 Å². The standard InChI is InChI=1S/C15H19BrN2O3/c1-10(2)8-13-14(19)18(15(20)17-13)6-7-21-12-5-3-4-11(16)9-12/h3-5,9-10,13H,6-8H2,1-2H3,(H,17,20)/t13-/m1/s1. The number of nitrogens with one attached hydrogen (secondary N) is 1. The van der Waals surface area contributed by atoms with Crippen molar-refractivity contribution in [2.24, 2.45) is 5.92 Å². The maximum atomic E-state index is 12.1. The van der Waals surface area contributed by atoms with Gasteiger partial charge in [-0.2, -0.15) is 0 Å². The molecule has 0 aromatic heterocycles. The average Bonchev–Trinajstić information content (AvgIpc) is 2.65. The first kappa shape index (κ1) is 15.8. The van der Waals surface area contributed by atoms with E-state index in [1.807, 2.05) is 38.1 Å². The molecule has 1 N–H and O–H groups in total. The Morgan fingerprint density at radius 1 is 1.38 bits per heavy atom. The summed E-state index contributed by atoms with van der Waals surface area (Å²) in [6, 6.07) is 6.71. The van der Waals surface area contributed by atoms with Gasteiger partial charge in [-0.1, -0.05) is 35.8 Å². The second kappa shape index (κ2) is 6.93. The van der Waals surface area contributed by atoms with Crippen LogP contribution in [0.5, 0.6) is 5.75 Å². The number of halogens is 1. The first-order chi connectivity index (χ1) is 9.97. The Bertz CT molecular complexity index is 533. The second-order valence-corrected chi connectivity index (χ2v) is 6.34. The van der Waals surface area contributed by atoms with Gasteiger partial charge in [-0.05, 0) is 30.5 Å². The van der Waals surface area contributed by atoms with Crippen LogP contribution in [-0.2, 0) is 4.79 Å². The van der Waals surface area contributed by atoms with Crippen molar-refractivity contribution in [2.45, 2.75) is 26.3 Å². The van der Waals surface area contributed by atoms with E-state index < -0.39 is 6.04 Å². The highest BCUT2D eigenvalue weighted by Crippen LogP contribution is 2.18. The molecule has 21 heavy (non-hydrogen) atoms. The first-order valence-corrected chi connectivity index (χ1v) is 7.77. The molecule has 1 atom stereocenters. The zero-order chi connectivity index (χ0) is 15.4. The van der Waals surface area contributed by atoms with E-state index in [1.165, 1.54) is 4.90 Å². The third-order valence-electron chi connectivity index (χ3n) is 3.19. The summed E-state index contributed by atoms with van der Waals surface area (Å²) in [7, 11) is 0. The molecule has 5 nitrogen and oxygen atoms in total. The van der Waals surface area contributed by atoms with Gasteiger partial charge in [0.15, 0.2) is 0 Å². The molecule has 0 aliphatic carbocycles. The molecule has 6 heteroatoms. The predicted octanol–water partition coefficient (Wildman–Crippen LogP) is 2.79. The van der Waals surface area contributed by atoms with Crippen LogP contribution in [0, 0.1) is 5.92 Å². The van der Waals surface area contributed by atoms with Crippen molar-refractivity contribution < 1.29 is 14.3 Å². The van der Waals surface area contributed by atoms with Gasteiger partial charge in [-0.15, -0.1) is 0 Å². The van der Waals surface area contributed by atoms with Crippen LogP contribution in [0.4, 0.5) is 4.79 Å². The molecule has 1 aliphatic rings. The van der Waals surface area contributed by atoms with Gasteiger partial charge >= 0.3 is 6.03 Å². The Labute approximate surface area is 132 Å². The van der Waals surface area contributed by atoms with Crippen molar-refractivity contribution in [3.05, 3.63) is 28.7 Å². The van der Waals surface area contributed by atoms with E-state index in [1.54, 1.807) is 0 Å². The van der Waals surface area contributed by atoms with Crippen molar-refractivity contribution in [1.29, 1.82) is 0 Å². The van der Waals surface area contributed by atoms with Crippen LogP contribution in [0.3, 0.4) is 0 Å². The van der Waals surface area contributed by atoms with Crippen LogP contribution < -0.4 is 10.1 Å². The fraction of sp³-hybridized carbons (Fsp3) is 0.467. The maximum Gasteiger partial charge on any atom is 0.324 e. The Kier molecular flexibility index (Phi) is 5.22. The van der Waals surface area contributed by atoms with Gasteiger partial charge in [0, 0.05) is 4.47 Å². The van der Waals surface area contributed by atoms with Crippen LogP contribution in [0.25, 0.3) is 0 Å². The van der Waals surface area contributed by atoms with Crippen molar-refractivity contribution in [3.63, 3.8) is 0 Å². The van der Waals surface area contributed by atoms with Crippen molar-refractivity contribution in [2.75, 3.05) is 13.2 Å². The number of urea groups is 1. The summed E-state index contributed by atoms with van der Waals surface area (Å²) >= 11 is 3.36. The monoisotopic (exact) mass is 354 g/mol. The van der Waals surface area contributed by atoms with Crippen molar-refractivity contribution in [1.82, 2.24) is 10.2 Å². The molecular formula is C15H19BrN2O3. The minimum Gasteiger partial charge on any atom is -0.492 e. The smallest absolute Gasteiger partial charge is 0.324 e. The fourth-order valence-electron chi connectivity index (χ4n) is 2.23. The largest absolute Gasteiger partial charge is 0.492 e. The summed E-state index contributed by atoms with van der Waals surface area (Å²) < 4.78 is 6.48. The van der Waals surface area contributed by atoms with Gasteiger partial charge < -0.3 is 10.1 Å². The summed E-state index contributed by atoms with van der Waals surface area (Å²) in [4.78, 5) is 25.2. The lowest BCUT2D eigenvalue weighted by Crippen LogP contribution is -2.35. The zero-order valence-electron chi connectivity index (χ0n) is 12.1. The summed E-state index contributed by atoms with van der Waals surface area (Å²) in [6.45, 7) is 4.59. The lowest BCUT2D eigenvalue weighted by molar-refractivity contribution is -0.128. The highest BCUT2D eigenvalue weighted by molar-refractivity contribution is 9.10. The number of carbonyl (C=O) groups is 2. The molecule has 1 aromatic rings. The highest BCUT2D eigenvalue weighted by Gasteiger charge is 2.37. The average molecular weight is 355 g/mol. The normalized spacial score (nSPS) is 18.3. The van der Waals surface area contributed by atoms with E-state index in [4.69, 9.17) is 4.74 Å². The van der Waals surface area contributed by atoms with Crippen LogP contribution >= 0.6 is 15.9 Å². The molecule has 114 valence electrons. The molecule has 1 saturated heterocycles. The fourth-order valence-corrected chi connectivity index (χ4v) is 2.61. The number of rotatable bonds is 6. The number of imide groups is 1. The topological polar surface area (TPSA) is 58.6 Å². The maximum absolute atomic E-state index is 12.1. The van der Waals surface area contributed by atoms with Gasteiger partial charge in [0.05, 0.1) is 6.54 Å². The molecule has 0 spiro atoms. The molecule has 1 aliphatic heterocycles. The van der Waals surface area contributed by atoms with Gasteiger partial charge in [0.1, 0.15) is 18.4 Å². The van der Waals surface area contributed by atoms with Gasteiger partial charge in [0.25, 0.3) is 5.91 Å². The third-order valence-corrected chi connectivity index (χ3v) is 3.69. The second-order valence-electron chi connectivity index (χ2n) is 5.43. The Morgan fingerprint density at radius 2 is 2.14 bits per heavy atom. The minimum atomic E-state index is -0.400. The van der Waals surface area contributed by atoms with E-state index in [9.17, 15) is 9.59 Å². The molecule has 0 bridgehead atoms. The molecule has 1 fully saturated rings. The third kappa shape index (κ3) is 4.20. The summed E-state index contributed by atoms with van der Waals surface area (Å²) in [6.07, 6.45) is 0.660. The minimum absolute atomic E-state index is 0.161. The molecule has 0 saturated carbocycles. The SMILES string of the molecule is CC(C)C[C@H]1NC(=O)N(CCOc2cccc(Br)c2)C1=O. The van der Waals surface area contributed by atoms with Crippen molar-refractivity contribution in [3.8, 4) is 5.75 Å². The van der Waals surface area contributed by atoms with Crippen LogP contribution in [0.1, 0.15) is 20.3 Å². The Balaban J connectivity index is 1.85. The van der Waals surface area contributed by atoms with E-state index in [2.05, 4.69) is 21.2 Å². The highest BCUT2D eigenvalue weighted by atomic mass is 79.9. The number of ether oxygens (including phenoxy) is 1. The molecule has 1 heterocycles. The first-order valence-electron chi connectivity index (χ1n) is 6.97. The van der Waals surface area contributed by atoms with Crippen LogP contribution in [0.2, 0.25) is 0 Å². The number of amides is 3. The quantitative estimate of drug-likeness (QED) is 0.799. The van der Waals surface area contributed by atoms with Gasteiger partial charge in [-0.3, -0.25) is 9.69 Å². The number of nitrogens with zero attached hydrogens (tertiary/aromatic N) is 1. The van der Waals surface area contributed by atoms with E-state index in [-0.39, 0.29) is 25.1 Å². The lowest BCUT2D eigenvalue weighted by Gasteiger charge is -2.14. The summed E-state index contributed by atoms with van der Waals surface area (Å²) in [5.41, 5.74) is 0. The molecule has 1 aromatic carbocycles. The summed E-state index contributed by atoms with van der Waals surface area (Å²) in [5.74, 6) is 0.902.